The second-order valence-corrected chi connectivity index (χ2v) is 4.93. The Morgan fingerprint density at radius 2 is 1.92 bits per heavy atom. The van der Waals surface area contributed by atoms with Crippen molar-refractivity contribution in [3.63, 3.8) is 0 Å². The molecule has 1 saturated heterocycles. The first-order valence-corrected chi connectivity index (χ1v) is 5.47. The molecule has 1 heterocycles. The molecule has 1 fully saturated rings. The molecule has 0 aromatic rings. The number of likely N-dealkylation sites (tertiary alicyclic amines) is 1. The van der Waals surface area contributed by atoms with E-state index in [9.17, 15) is 0 Å². The van der Waals surface area contributed by atoms with E-state index in [0.29, 0.717) is 12.1 Å². The highest BCUT2D eigenvalue weighted by atomic mass is 15.2. The van der Waals surface area contributed by atoms with Crippen molar-refractivity contribution in [1.82, 2.24) is 10.2 Å². The van der Waals surface area contributed by atoms with E-state index in [1.807, 2.05) is 0 Å². The summed E-state index contributed by atoms with van der Waals surface area (Å²) in [6, 6.07) is 2.06. The van der Waals surface area contributed by atoms with Crippen LogP contribution in [0.3, 0.4) is 0 Å². The summed E-state index contributed by atoms with van der Waals surface area (Å²) in [4.78, 5) is 2.46. The van der Waals surface area contributed by atoms with Gasteiger partial charge in [-0.3, -0.25) is 0 Å². The molecule has 3 atom stereocenters. The van der Waals surface area contributed by atoms with Crippen LogP contribution in [0.5, 0.6) is 0 Å². The summed E-state index contributed by atoms with van der Waals surface area (Å²) in [5.41, 5.74) is 0. The van der Waals surface area contributed by atoms with Crippen LogP contribution < -0.4 is 5.32 Å². The van der Waals surface area contributed by atoms with Gasteiger partial charge >= 0.3 is 0 Å². The van der Waals surface area contributed by atoms with Crippen molar-refractivity contribution >= 4 is 0 Å². The van der Waals surface area contributed by atoms with Crippen molar-refractivity contribution < 1.29 is 0 Å². The summed E-state index contributed by atoms with van der Waals surface area (Å²) < 4.78 is 0. The lowest BCUT2D eigenvalue weighted by Crippen LogP contribution is -2.52. The van der Waals surface area contributed by atoms with E-state index in [1.165, 1.54) is 13.0 Å². The first-order valence-electron chi connectivity index (χ1n) is 5.47. The minimum absolute atomic E-state index is 0.614. The van der Waals surface area contributed by atoms with Gasteiger partial charge in [-0.05, 0) is 26.3 Å². The van der Waals surface area contributed by atoms with E-state index in [2.05, 4.69) is 45.0 Å². The average Bonchev–Trinajstić information content (AvgIpc) is 1.99. The first-order chi connectivity index (χ1) is 6.00. The van der Waals surface area contributed by atoms with Gasteiger partial charge in [-0.1, -0.05) is 20.8 Å². The third-order valence-electron chi connectivity index (χ3n) is 3.16. The SMILES string of the molecule is CC(C)N[C@H]1C[C@@H](C)N(C)C[C@H]1C. The van der Waals surface area contributed by atoms with Crippen LogP contribution in [0.4, 0.5) is 0 Å². The minimum Gasteiger partial charge on any atom is -0.311 e. The zero-order valence-corrected chi connectivity index (χ0v) is 9.67. The highest BCUT2D eigenvalue weighted by Crippen LogP contribution is 2.20. The van der Waals surface area contributed by atoms with Gasteiger partial charge in [-0.15, -0.1) is 0 Å². The van der Waals surface area contributed by atoms with Crippen LogP contribution in [-0.2, 0) is 0 Å². The zero-order valence-electron chi connectivity index (χ0n) is 9.67. The minimum atomic E-state index is 0.614. The van der Waals surface area contributed by atoms with Crippen molar-refractivity contribution in [2.24, 2.45) is 5.92 Å². The second kappa shape index (κ2) is 4.43. The van der Waals surface area contributed by atoms with Crippen molar-refractivity contribution in [1.29, 1.82) is 0 Å². The number of rotatable bonds is 2. The third kappa shape index (κ3) is 2.96. The third-order valence-corrected chi connectivity index (χ3v) is 3.16. The van der Waals surface area contributed by atoms with Gasteiger partial charge in [-0.2, -0.15) is 0 Å². The Bertz CT molecular complexity index is 156. The Balaban J connectivity index is 2.46. The Labute approximate surface area is 82.7 Å². The van der Waals surface area contributed by atoms with E-state index in [-0.39, 0.29) is 0 Å². The molecule has 0 radical (unpaired) electrons. The van der Waals surface area contributed by atoms with E-state index >= 15 is 0 Å². The van der Waals surface area contributed by atoms with Gasteiger partial charge in [0.2, 0.25) is 0 Å². The van der Waals surface area contributed by atoms with Gasteiger partial charge in [-0.25, -0.2) is 0 Å². The van der Waals surface area contributed by atoms with Crippen LogP contribution in [-0.4, -0.2) is 36.6 Å². The Hall–Kier alpha value is -0.0800. The lowest BCUT2D eigenvalue weighted by molar-refractivity contribution is 0.118. The predicted molar refractivity (Wildman–Crippen MR) is 57.9 cm³/mol. The van der Waals surface area contributed by atoms with E-state index in [1.54, 1.807) is 0 Å². The molecule has 13 heavy (non-hydrogen) atoms. The van der Waals surface area contributed by atoms with Gasteiger partial charge in [0, 0.05) is 24.7 Å². The van der Waals surface area contributed by atoms with Crippen LogP contribution in [0, 0.1) is 5.92 Å². The molecular weight excluding hydrogens is 160 g/mol. The van der Waals surface area contributed by atoms with Crippen LogP contribution in [0.25, 0.3) is 0 Å². The maximum absolute atomic E-state index is 3.66. The summed E-state index contributed by atoms with van der Waals surface area (Å²) in [5, 5.41) is 3.66. The van der Waals surface area contributed by atoms with Crippen molar-refractivity contribution in [2.45, 2.75) is 52.2 Å². The highest BCUT2D eigenvalue weighted by Gasteiger charge is 2.28. The highest BCUT2D eigenvalue weighted by molar-refractivity contribution is 4.86. The maximum Gasteiger partial charge on any atom is 0.0122 e. The van der Waals surface area contributed by atoms with Gasteiger partial charge in [0.05, 0.1) is 0 Å². The molecule has 2 nitrogen and oxygen atoms in total. The second-order valence-electron chi connectivity index (χ2n) is 4.93. The van der Waals surface area contributed by atoms with Crippen LogP contribution in [0.1, 0.15) is 34.1 Å². The number of nitrogens with zero attached hydrogens (tertiary/aromatic N) is 1. The molecule has 1 aliphatic rings. The summed E-state index contributed by atoms with van der Waals surface area (Å²) >= 11 is 0. The fourth-order valence-electron chi connectivity index (χ4n) is 2.20. The summed E-state index contributed by atoms with van der Waals surface area (Å²) in [7, 11) is 2.23. The zero-order chi connectivity index (χ0) is 10.0. The van der Waals surface area contributed by atoms with Crippen LogP contribution >= 0.6 is 0 Å². The number of hydrogen-bond acceptors (Lipinski definition) is 2. The van der Waals surface area contributed by atoms with E-state index in [0.717, 1.165) is 12.0 Å². The standard InChI is InChI=1S/C11H24N2/c1-8(2)12-11-6-10(4)13(5)7-9(11)3/h8-12H,6-7H2,1-5H3/t9-,10-,11+/m1/s1. The smallest absolute Gasteiger partial charge is 0.0122 e. The molecule has 0 aliphatic carbocycles. The molecule has 1 aliphatic heterocycles. The predicted octanol–water partition coefficient (Wildman–Crippen LogP) is 1.71. The van der Waals surface area contributed by atoms with Gasteiger partial charge in [0.15, 0.2) is 0 Å². The topological polar surface area (TPSA) is 15.3 Å². The molecular formula is C11H24N2. The van der Waals surface area contributed by atoms with E-state index < -0.39 is 0 Å². The van der Waals surface area contributed by atoms with E-state index in [4.69, 9.17) is 0 Å². The van der Waals surface area contributed by atoms with Crippen molar-refractivity contribution in [2.75, 3.05) is 13.6 Å². The lowest BCUT2D eigenvalue weighted by atomic mass is 9.89. The monoisotopic (exact) mass is 184 g/mol. The summed E-state index contributed by atoms with van der Waals surface area (Å²) in [5.74, 6) is 0.781. The van der Waals surface area contributed by atoms with Gasteiger partial charge in [0.25, 0.3) is 0 Å². The maximum atomic E-state index is 3.66. The summed E-state index contributed by atoms with van der Waals surface area (Å²) in [6.45, 7) is 10.4. The molecule has 0 unspecified atom stereocenters. The number of nitrogens with one attached hydrogen (secondary N) is 1. The van der Waals surface area contributed by atoms with Crippen LogP contribution in [0.15, 0.2) is 0 Å². The molecule has 0 saturated carbocycles. The number of piperidine rings is 1. The molecule has 1 rings (SSSR count). The fraction of sp³-hybridized carbons (Fsp3) is 1.00. The van der Waals surface area contributed by atoms with Crippen molar-refractivity contribution in [3.8, 4) is 0 Å². The fourth-order valence-corrected chi connectivity index (χ4v) is 2.20. The molecule has 0 spiro atoms. The molecule has 2 heteroatoms. The molecule has 1 N–H and O–H groups in total. The Morgan fingerprint density at radius 1 is 1.31 bits per heavy atom. The van der Waals surface area contributed by atoms with Gasteiger partial charge in [0.1, 0.15) is 0 Å². The largest absolute Gasteiger partial charge is 0.311 e. The molecule has 0 bridgehead atoms. The summed E-state index contributed by atoms with van der Waals surface area (Å²) in [6.07, 6.45) is 1.29. The first kappa shape index (κ1) is 11.0. The quantitative estimate of drug-likeness (QED) is 0.703. The molecule has 78 valence electrons. The van der Waals surface area contributed by atoms with Crippen LogP contribution in [0.2, 0.25) is 0 Å². The molecule has 0 aromatic carbocycles. The number of hydrogen-bond donors (Lipinski definition) is 1. The lowest BCUT2D eigenvalue weighted by Gasteiger charge is -2.40. The Morgan fingerprint density at radius 3 is 2.46 bits per heavy atom. The average molecular weight is 184 g/mol. The molecule has 0 aromatic heterocycles. The van der Waals surface area contributed by atoms with Crippen molar-refractivity contribution in [3.05, 3.63) is 0 Å². The Kier molecular flexibility index (Phi) is 3.74. The van der Waals surface area contributed by atoms with Gasteiger partial charge < -0.3 is 10.2 Å². The molecule has 0 amide bonds. The normalized spacial score (nSPS) is 36.9.